The highest BCUT2D eigenvalue weighted by molar-refractivity contribution is 9.12. The highest BCUT2D eigenvalue weighted by Gasteiger charge is 2.16. The van der Waals surface area contributed by atoms with Gasteiger partial charge in [-0.3, -0.25) is 0 Å². The van der Waals surface area contributed by atoms with Crippen molar-refractivity contribution >= 4 is 29.2 Å². The zero-order valence-electron chi connectivity index (χ0n) is 7.93. The van der Waals surface area contributed by atoms with Gasteiger partial charge in [0.25, 0.3) is 0 Å². The quantitative estimate of drug-likeness (QED) is 0.564. The molecule has 1 aromatic rings. The Balaban J connectivity index is 2.98. The Morgan fingerprint density at radius 2 is 1.77 bits per heavy atom. The van der Waals surface area contributed by atoms with E-state index in [1.54, 1.807) is 0 Å². The van der Waals surface area contributed by atoms with Gasteiger partial charge >= 0.3 is 0 Å². The Morgan fingerprint density at radius 3 is 2.15 bits per heavy atom. The summed E-state index contributed by atoms with van der Waals surface area (Å²) in [5.41, 5.74) is 0. The van der Waals surface area contributed by atoms with Crippen molar-refractivity contribution in [2.75, 3.05) is 0 Å². The summed E-state index contributed by atoms with van der Waals surface area (Å²) in [5, 5.41) is 1.26. The van der Waals surface area contributed by atoms with Gasteiger partial charge in [0.1, 0.15) is 0 Å². The average molecular weight is 255 g/mol. The van der Waals surface area contributed by atoms with Crippen LogP contribution < -0.4 is 5.19 Å². The first-order valence-corrected chi connectivity index (χ1v) is 8.27. The molecule has 0 aliphatic carbocycles. The molecule has 0 bridgehead atoms. The van der Waals surface area contributed by atoms with Gasteiger partial charge in [0.15, 0.2) is 0 Å². The van der Waals surface area contributed by atoms with Gasteiger partial charge in [-0.1, -0.05) is 19.6 Å². The van der Waals surface area contributed by atoms with Crippen LogP contribution in [0, 0.1) is 10.8 Å². The summed E-state index contributed by atoms with van der Waals surface area (Å²) in [6, 6.07) is 0. The average Bonchev–Trinajstić information content (AvgIpc) is 2.04. The third kappa shape index (κ3) is 2.94. The fourth-order valence-corrected chi connectivity index (χ4v) is 1.90. The summed E-state index contributed by atoms with van der Waals surface area (Å²) >= 11 is 3.01. The largest absolute Gasteiger partial charge is 0.229 e. The maximum Gasteiger partial charge on any atom is 0.205 e. The van der Waals surface area contributed by atoms with Crippen molar-refractivity contribution in [2.24, 2.45) is 0 Å². The molecule has 4 heteroatoms. The van der Waals surface area contributed by atoms with Crippen LogP contribution in [0.2, 0.25) is 19.6 Å². The number of aromatic nitrogens is 2. The molecule has 0 atom stereocenters. The van der Waals surface area contributed by atoms with Gasteiger partial charge in [-0.05, 0) is 15.9 Å². The molecule has 13 heavy (non-hydrogen) atoms. The zero-order chi connectivity index (χ0) is 9.90. The molecule has 1 rings (SSSR count). The molecule has 0 saturated carbocycles. The summed E-state index contributed by atoms with van der Waals surface area (Å²) in [6.45, 7) is 6.80. The lowest BCUT2D eigenvalue weighted by Crippen LogP contribution is -2.38. The second-order valence-corrected chi connectivity index (χ2v) is 9.24. The van der Waals surface area contributed by atoms with Gasteiger partial charge in [-0.2, -0.15) is 0 Å². The summed E-state index contributed by atoms with van der Waals surface area (Å²) < 4.78 is 0. The molecule has 0 spiro atoms. The number of rotatable bonds is 1. The van der Waals surface area contributed by atoms with Gasteiger partial charge < -0.3 is 0 Å². The Labute approximate surface area is 87.9 Å². The van der Waals surface area contributed by atoms with Gasteiger partial charge in [-0.25, -0.2) is 9.97 Å². The summed E-state index contributed by atoms with van der Waals surface area (Å²) in [4.78, 5) is 10.9. The maximum atomic E-state index is 4.15. The van der Waals surface area contributed by atoms with Crippen LogP contribution in [0.4, 0.5) is 0 Å². The third-order valence-corrected chi connectivity index (χ3v) is 3.87. The minimum atomic E-state index is -1.26. The summed E-state index contributed by atoms with van der Waals surface area (Å²) in [7, 11) is -1.26. The van der Waals surface area contributed by atoms with E-state index in [0.717, 1.165) is 0 Å². The van der Waals surface area contributed by atoms with Crippen molar-refractivity contribution in [1.29, 1.82) is 0 Å². The van der Waals surface area contributed by atoms with E-state index in [4.69, 9.17) is 0 Å². The van der Waals surface area contributed by atoms with E-state index in [-0.39, 0.29) is 0 Å². The van der Waals surface area contributed by atoms with Gasteiger partial charge in [0, 0.05) is 28.3 Å². The van der Waals surface area contributed by atoms with Crippen LogP contribution in [0.15, 0.2) is 12.4 Å². The molecule has 1 aromatic heterocycles. The van der Waals surface area contributed by atoms with E-state index >= 15 is 0 Å². The van der Waals surface area contributed by atoms with Crippen LogP contribution in [0.5, 0.6) is 0 Å². The van der Waals surface area contributed by atoms with Crippen molar-refractivity contribution in [3.63, 3.8) is 0 Å². The molecule has 0 aliphatic heterocycles. The van der Waals surface area contributed by atoms with Crippen molar-refractivity contribution in [2.45, 2.75) is 19.6 Å². The molecule has 0 N–H and O–H groups in total. The molecular formula is C9H11BrN2Si. The van der Waals surface area contributed by atoms with Crippen LogP contribution in [0.25, 0.3) is 0 Å². The highest BCUT2D eigenvalue weighted by Crippen LogP contribution is 1.99. The predicted octanol–water partition coefficient (Wildman–Crippen LogP) is 1.73. The molecule has 68 valence electrons. The Morgan fingerprint density at radius 1 is 1.23 bits per heavy atom. The lowest BCUT2D eigenvalue weighted by Gasteiger charge is -2.14. The zero-order valence-corrected chi connectivity index (χ0v) is 10.5. The number of nitrogens with zero attached hydrogens (tertiary/aromatic N) is 2. The van der Waals surface area contributed by atoms with Crippen LogP contribution in [-0.2, 0) is 0 Å². The second-order valence-electron chi connectivity index (χ2n) is 3.76. The van der Waals surface area contributed by atoms with Crippen molar-refractivity contribution in [1.82, 2.24) is 9.97 Å². The Kier molecular flexibility index (Phi) is 3.23. The minimum Gasteiger partial charge on any atom is -0.229 e. The van der Waals surface area contributed by atoms with Crippen LogP contribution in [0.3, 0.4) is 0 Å². The smallest absolute Gasteiger partial charge is 0.205 e. The lowest BCUT2D eigenvalue weighted by atomic mass is 10.6. The van der Waals surface area contributed by atoms with E-state index in [9.17, 15) is 0 Å². The Hall–Kier alpha value is -0.663. The van der Waals surface area contributed by atoms with Crippen molar-refractivity contribution in [3.05, 3.63) is 18.2 Å². The van der Waals surface area contributed by atoms with E-state index in [2.05, 4.69) is 56.3 Å². The van der Waals surface area contributed by atoms with Crippen LogP contribution in [0.1, 0.15) is 5.82 Å². The topological polar surface area (TPSA) is 25.8 Å². The first kappa shape index (κ1) is 10.4. The van der Waals surface area contributed by atoms with Gasteiger partial charge in [0.2, 0.25) is 5.82 Å². The standard InChI is InChI=1S/C9H11BrN2Si/c1-13(2,3)8-6-11-9(4-5-10)12-7-8/h6-7H,1-3H3. The van der Waals surface area contributed by atoms with E-state index in [0.29, 0.717) is 5.82 Å². The predicted molar refractivity (Wildman–Crippen MR) is 60.8 cm³/mol. The van der Waals surface area contributed by atoms with Crippen LogP contribution >= 0.6 is 15.9 Å². The van der Waals surface area contributed by atoms with Gasteiger partial charge in [0.05, 0.1) is 8.07 Å². The minimum absolute atomic E-state index is 0.568. The maximum absolute atomic E-state index is 4.15. The fraction of sp³-hybridized carbons (Fsp3) is 0.333. The van der Waals surface area contributed by atoms with Crippen LogP contribution in [-0.4, -0.2) is 18.0 Å². The number of hydrogen-bond donors (Lipinski definition) is 0. The first-order chi connectivity index (χ1) is 6.04. The second kappa shape index (κ2) is 4.03. The molecule has 0 saturated heterocycles. The molecular weight excluding hydrogens is 244 g/mol. The van der Waals surface area contributed by atoms with E-state index < -0.39 is 8.07 Å². The van der Waals surface area contributed by atoms with Crippen molar-refractivity contribution in [3.8, 4) is 10.8 Å². The SMILES string of the molecule is C[Si](C)(C)c1cnc(C#CBr)nc1. The highest BCUT2D eigenvalue weighted by atomic mass is 79.9. The number of halogens is 1. The normalized spacial score (nSPS) is 10.5. The molecule has 0 fully saturated rings. The fourth-order valence-electron chi connectivity index (χ4n) is 0.822. The van der Waals surface area contributed by atoms with E-state index in [1.165, 1.54) is 5.19 Å². The molecule has 0 aromatic carbocycles. The molecule has 0 radical (unpaired) electrons. The van der Waals surface area contributed by atoms with Gasteiger partial charge in [-0.15, -0.1) is 0 Å². The molecule has 0 aliphatic rings. The number of hydrogen-bond acceptors (Lipinski definition) is 2. The first-order valence-electron chi connectivity index (χ1n) is 3.98. The molecule has 0 amide bonds. The monoisotopic (exact) mass is 254 g/mol. The Bertz CT molecular complexity index is 343. The van der Waals surface area contributed by atoms with E-state index in [1.807, 2.05) is 12.4 Å². The van der Waals surface area contributed by atoms with Crippen molar-refractivity contribution < 1.29 is 0 Å². The summed E-state index contributed by atoms with van der Waals surface area (Å²) in [5.74, 6) is 3.31. The molecule has 0 unspecified atom stereocenters. The molecule has 2 nitrogen and oxygen atoms in total. The summed E-state index contributed by atoms with van der Waals surface area (Å²) in [6.07, 6.45) is 3.76. The third-order valence-electron chi connectivity index (χ3n) is 1.68. The molecule has 1 heterocycles. The lowest BCUT2D eigenvalue weighted by molar-refractivity contribution is 1.14.